The van der Waals surface area contributed by atoms with Crippen molar-refractivity contribution in [3.63, 3.8) is 0 Å². The van der Waals surface area contributed by atoms with Crippen LogP contribution < -0.4 is 0 Å². The molecule has 3 nitrogen and oxygen atoms in total. The molecule has 1 unspecified atom stereocenters. The molecule has 0 aliphatic heterocycles. The van der Waals surface area contributed by atoms with Crippen molar-refractivity contribution in [1.82, 2.24) is 0 Å². The molecule has 1 aliphatic rings. The molecule has 0 radical (unpaired) electrons. The van der Waals surface area contributed by atoms with Crippen LogP contribution in [0.2, 0.25) is 0 Å². The number of carbonyl (C=O) groups is 1. The number of ether oxygens (including phenoxy) is 2. The van der Waals surface area contributed by atoms with E-state index < -0.39 is 0 Å². The molecule has 1 fully saturated rings. The Hall–Kier alpha value is -0.570. The quantitative estimate of drug-likeness (QED) is 0.406. The van der Waals surface area contributed by atoms with E-state index in [1.807, 2.05) is 13.8 Å². The molecule has 0 saturated heterocycles. The first-order valence-electron chi connectivity index (χ1n) is 6.82. The van der Waals surface area contributed by atoms with Gasteiger partial charge < -0.3 is 9.47 Å². The number of hydrogen-bond donors (Lipinski definition) is 0. The first-order chi connectivity index (χ1) is 8.07. The van der Waals surface area contributed by atoms with Crippen LogP contribution in [0.3, 0.4) is 0 Å². The number of hydrogen-bond acceptors (Lipinski definition) is 3. The molecule has 0 amide bonds. The molecule has 0 bridgehead atoms. The van der Waals surface area contributed by atoms with Crippen molar-refractivity contribution in [2.75, 3.05) is 13.4 Å². The maximum absolute atomic E-state index is 11.4. The highest BCUT2D eigenvalue weighted by Crippen LogP contribution is 2.35. The monoisotopic (exact) mass is 242 g/mol. The van der Waals surface area contributed by atoms with Crippen molar-refractivity contribution in [3.8, 4) is 0 Å². The predicted molar refractivity (Wildman–Crippen MR) is 67.6 cm³/mol. The lowest BCUT2D eigenvalue weighted by Crippen LogP contribution is -2.27. The molecule has 0 aromatic rings. The number of rotatable bonds is 6. The Balaban J connectivity index is 2.13. The van der Waals surface area contributed by atoms with Gasteiger partial charge in [0.15, 0.2) is 6.79 Å². The van der Waals surface area contributed by atoms with E-state index in [4.69, 9.17) is 9.47 Å². The lowest BCUT2D eigenvalue weighted by atomic mass is 9.76. The van der Waals surface area contributed by atoms with E-state index >= 15 is 0 Å². The van der Waals surface area contributed by atoms with E-state index in [9.17, 15) is 4.79 Å². The minimum atomic E-state index is -0.152. The topological polar surface area (TPSA) is 35.5 Å². The normalized spacial score (nSPS) is 20.9. The molecule has 0 aromatic carbocycles. The highest BCUT2D eigenvalue weighted by atomic mass is 16.7. The summed E-state index contributed by atoms with van der Waals surface area (Å²) in [6.45, 7) is 6.95. The Labute approximate surface area is 105 Å². The molecule has 0 aromatic heterocycles. The minimum absolute atomic E-state index is 0.0242. The third-order valence-corrected chi connectivity index (χ3v) is 3.81. The first-order valence-corrected chi connectivity index (χ1v) is 6.82. The second-order valence-corrected chi connectivity index (χ2v) is 5.61. The number of esters is 1. The Morgan fingerprint density at radius 1 is 1.29 bits per heavy atom. The van der Waals surface area contributed by atoms with Crippen molar-refractivity contribution in [2.24, 2.45) is 11.3 Å². The lowest BCUT2D eigenvalue weighted by molar-refractivity contribution is -0.163. The van der Waals surface area contributed by atoms with E-state index in [0.29, 0.717) is 12.0 Å². The van der Waals surface area contributed by atoms with Gasteiger partial charge in [0.25, 0.3) is 0 Å². The molecule has 0 N–H and O–H groups in total. The fourth-order valence-electron chi connectivity index (χ4n) is 2.25. The summed E-state index contributed by atoms with van der Waals surface area (Å²) in [7, 11) is 0. The van der Waals surface area contributed by atoms with Gasteiger partial charge >= 0.3 is 5.97 Å². The standard InChI is InChI=1S/C14H26O3/c1-4-12(2)13(15)17-11-16-10-14(3)8-6-5-7-9-14/h12H,4-11H2,1-3H3. The zero-order chi connectivity index (χ0) is 12.7. The molecule has 0 spiro atoms. The summed E-state index contributed by atoms with van der Waals surface area (Å²) < 4.78 is 10.6. The summed E-state index contributed by atoms with van der Waals surface area (Å²) in [6.07, 6.45) is 7.22. The average Bonchev–Trinajstić information content (AvgIpc) is 2.34. The van der Waals surface area contributed by atoms with Crippen molar-refractivity contribution in [3.05, 3.63) is 0 Å². The zero-order valence-electron chi connectivity index (χ0n) is 11.5. The van der Waals surface area contributed by atoms with Gasteiger partial charge in [-0.3, -0.25) is 4.79 Å². The van der Waals surface area contributed by atoms with Gasteiger partial charge in [0, 0.05) is 0 Å². The van der Waals surface area contributed by atoms with Gasteiger partial charge in [0.05, 0.1) is 12.5 Å². The van der Waals surface area contributed by atoms with Crippen LogP contribution in [-0.4, -0.2) is 19.4 Å². The van der Waals surface area contributed by atoms with Gasteiger partial charge in [0.2, 0.25) is 0 Å². The van der Waals surface area contributed by atoms with Crippen LogP contribution in [0.4, 0.5) is 0 Å². The smallest absolute Gasteiger partial charge is 0.310 e. The molecule has 100 valence electrons. The molecule has 0 heterocycles. The summed E-state index contributed by atoms with van der Waals surface area (Å²) in [6, 6.07) is 0. The van der Waals surface area contributed by atoms with Crippen LogP contribution in [0.15, 0.2) is 0 Å². The Bertz CT molecular complexity index is 232. The van der Waals surface area contributed by atoms with Gasteiger partial charge in [-0.1, -0.05) is 40.0 Å². The van der Waals surface area contributed by atoms with Gasteiger partial charge in [-0.25, -0.2) is 0 Å². The second kappa shape index (κ2) is 7.00. The van der Waals surface area contributed by atoms with Crippen molar-refractivity contribution >= 4 is 5.97 Å². The first kappa shape index (κ1) is 14.5. The van der Waals surface area contributed by atoms with E-state index in [1.54, 1.807) is 0 Å². The van der Waals surface area contributed by atoms with Crippen LogP contribution in [0.25, 0.3) is 0 Å². The summed E-state index contributed by atoms with van der Waals surface area (Å²) in [5.41, 5.74) is 0.293. The fourth-order valence-corrected chi connectivity index (χ4v) is 2.25. The summed E-state index contributed by atoms with van der Waals surface area (Å²) in [5.74, 6) is -0.176. The van der Waals surface area contributed by atoms with Crippen molar-refractivity contribution in [2.45, 2.75) is 59.3 Å². The second-order valence-electron chi connectivity index (χ2n) is 5.61. The highest BCUT2D eigenvalue weighted by Gasteiger charge is 2.27. The summed E-state index contributed by atoms with van der Waals surface area (Å²) >= 11 is 0. The zero-order valence-corrected chi connectivity index (χ0v) is 11.5. The molecular formula is C14H26O3. The van der Waals surface area contributed by atoms with Gasteiger partial charge in [-0.15, -0.1) is 0 Å². The van der Waals surface area contributed by atoms with Crippen LogP contribution in [0.5, 0.6) is 0 Å². The maximum Gasteiger partial charge on any atom is 0.310 e. The fraction of sp³-hybridized carbons (Fsp3) is 0.929. The molecule has 17 heavy (non-hydrogen) atoms. The van der Waals surface area contributed by atoms with Crippen molar-refractivity contribution < 1.29 is 14.3 Å². The van der Waals surface area contributed by atoms with E-state index in [2.05, 4.69) is 6.92 Å². The van der Waals surface area contributed by atoms with Gasteiger partial charge in [-0.05, 0) is 24.7 Å². The lowest BCUT2D eigenvalue weighted by Gasteiger charge is -2.33. The molecule has 1 atom stereocenters. The average molecular weight is 242 g/mol. The largest absolute Gasteiger partial charge is 0.438 e. The SMILES string of the molecule is CCC(C)C(=O)OCOCC1(C)CCCCC1. The third kappa shape index (κ3) is 5.07. The summed E-state index contributed by atoms with van der Waals surface area (Å²) in [5, 5.41) is 0. The van der Waals surface area contributed by atoms with E-state index in [-0.39, 0.29) is 18.7 Å². The highest BCUT2D eigenvalue weighted by molar-refractivity contribution is 5.71. The third-order valence-electron chi connectivity index (χ3n) is 3.81. The molecule has 1 aliphatic carbocycles. The molecular weight excluding hydrogens is 216 g/mol. The maximum atomic E-state index is 11.4. The van der Waals surface area contributed by atoms with Gasteiger partial charge in [0.1, 0.15) is 0 Å². The van der Waals surface area contributed by atoms with Crippen molar-refractivity contribution in [1.29, 1.82) is 0 Å². The molecule has 1 rings (SSSR count). The van der Waals surface area contributed by atoms with Crippen LogP contribution in [-0.2, 0) is 14.3 Å². The Kier molecular flexibility index (Phi) is 5.96. The molecule has 1 saturated carbocycles. The Morgan fingerprint density at radius 3 is 2.53 bits per heavy atom. The van der Waals surface area contributed by atoms with E-state index in [0.717, 1.165) is 6.42 Å². The van der Waals surface area contributed by atoms with Gasteiger partial charge in [-0.2, -0.15) is 0 Å². The summed E-state index contributed by atoms with van der Waals surface area (Å²) in [4.78, 5) is 11.4. The Morgan fingerprint density at radius 2 is 1.94 bits per heavy atom. The minimum Gasteiger partial charge on any atom is -0.438 e. The van der Waals surface area contributed by atoms with Crippen LogP contribution in [0.1, 0.15) is 59.3 Å². The number of carbonyl (C=O) groups excluding carboxylic acids is 1. The molecule has 3 heteroatoms. The van der Waals surface area contributed by atoms with Crippen LogP contribution in [0, 0.1) is 11.3 Å². The van der Waals surface area contributed by atoms with E-state index in [1.165, 1.54) is 32.1 Å². The predicted octanol–water partition coefficient (Wildman–Crippen LogP) is 3.52. The van der Waals surface area contributed by atoms with Crippen LogP contribution >= 0.6 is 0 Å².